The van der Waals surface area contributed by atoms with Crippen LogP contribution in [-0.4, -0.2) is 27.2 Å². The Morgan fingerprint density at radius 1 is 1.17 bits per heavy atom. The fraction of sp³-hybridized carbons (Fsp3) is 0.353. The van der Waals surface area contributed by atoms with Gasteiger partial charge in [0.1, 0.15) is 0 Å². The maximum atomic E-state index is 12.1. The van der Waals surface area contributed by atoms with Crippen LogP contribution in [0.4, 0.5) is 0 Å². The topological polar surface area (TPSA) is 56.8 Å². The zero-order chi connectivity index (χ0) is 17.5. The van der Waals surface area contributed by atoms with Crippen molar-refractivity contribution >= 4 is 33.2 Å². The van der Waals surface area contributed by atoms with Crippen molar-refractivity contribution in [2.75, 3.05) is 21.3 Å². The number of hydrogen-bond donors (Lipinski definition) is 1. The number of ether oxygens (including phenoxy) is 3. The summed E-state index contributed by atoms with van der Waals surface area (Å²) in [6.07, 6.45) is 0.932. The second kappa shape index (κ2) is 8.94. The summed E-state index contributed by atoms with van der Waals surface area (Å²) in [6, 6.07) is 5.71. The van der Waals surface area contributed by atoms with E-state index in [0.29, 0.717) is 36.6 Å². The second-order valence-corrected chi connectivity index (χ2v) is 6.91. The number of benzene rings is 1. The van der Waals surface area contributed by atoms with Gasteiger partial charge < -0.3 is 19.5 Å². The fourth-order valence-corrected chi connectivity index (χ4v) is 3.72. The lowest BCUT2D eigenvalue weighted by molar-refractivity contribution is -0.121. The van der Waals surface area contributed by atoms with Crippen molar-refractivity contribution in [3.63, 3.8) is 0 Å². The molecule has 0 bridgehead atoms. The Labute approximate surface area is 154 Å². The van der Waals surface area contributed by atoms with E-state index in [1.165, 1.54) is 0 Å². The number of carbonyl (C=O) groups excluding carboxylic acids is 1. The minimum Gasteiger partial charge on any atom is -0.493 e. The Bertz CT molecular complexity index is 702. The van der Waals surface area contributed by atoms with Crippen molar-refractivity contribution in [3.8, 4) is 17.2 Å². The summed E-state index contributed by atoms with van der Waals surface area (Å²) in [4.78, 5) is 13.2. The monoisotopic (exact) mass is 413 g/mol. The predicted molar refractivity (Wildman–Crippen MR) is 98.3 cm³/mol. The number of methoxy groups -OCH3 is 3. The van der Waals surface area contributed by atoms with Gasteiger partial charge in [0, 0.05) is 21.2 Å². The predicted octanol–water partition coefficient (Wildman–Crippen LogP) is 3.79. The minimum absolute atomic E-state index is 0.00337. The lowest BCUT2D eigenvalue weighted by atomic mass is 10.1. The normalized spacial score (nSPS) is 10.3. The highest BCUT2D eigenvalue weighted by Gasteiger charge is 2.16. The molecule has 0 aliphatic carbocycles. The van der Waals surface area contributed by atoms with Crippen LogP contribution >= 0.6 is 27.3 Å². The van der Waals surface area contributed by atoms with Gasteiger partial charge in [0.05, 0.1) is 27.9 Å². The Balaban J connectivity index is 1.96. The first-order valence-corrected chi connectivity index (χ1v) is 9.03. The van der Waals surface area contributed by atoms with Crippen molar-refractivity contribution in [2.24, 2.45) is 0 Å². The maximum absolute atomic E-state index is 12.1. The van der Waals surface area contributed by atoms with Crippen LogP contribution in [0.2, 0.25) is 0 Å². The third-order valence-electron chi connectivity index (χ3n) is 3.49. The summed E-state index contributed by atoms with van der Waals surface area (Å²) >= 11 is 5.01. The molecule has 1 heterocycles. The van der Waals surface area contributed by atoms with Crippen molar-refractivity contribution in [1.82, 2.24) is 5.32 Å². The Morgan fingerprint density at radius 2 is 1.92 bits per heavy atom. The van der Waals surface area contributed by atoms with Gasteiger partial charge in [-0.25, -0.2) is 0 Å². The van der Waals surface area contributed by atoms with Crippen LogP contribution in [0.3, 0.4) is 0 Å². The molecule has 1 aromatic heterocycles. The molecule has 130 valence electrons. The van der Waals surface area contributed by atoms with Gasteiger partial charge in [-0.1, -0.05) is 6.07 Å². The van der Waals surface area contributed by atoms with Crippen LogP contribution in [0.15, 0.2) is 28.1 Å². The third-order valence-corrected chi connectivity index (χ3v) is 5.19. The number of aryl methyl sites for hydroxylation is 1. The average molecular weight is 414 g/mol. The Morgan fingerprint density at radius 3 is 2.50 bits per heavy atom. The molecule has 0 aliphatic heterocycles. The number of halogens is 1. The van der Waals surface area contributed by atoms with Crippen LogP contribution in [0, 0.1) is 0 Å². The van der Waals surface area contributed by atoms with Crippen LogP contribution < -0.4 is 19.5 Å². The van der Waals surface area contributed by atoms with Crippen molar-refractivity contribution in [2.45, 2.75) is 19.4 Å². The highest BCUT2D eigenvalue weighted by molar-refractivity contribution is 9.10. The molecule has 2 rings (SSSR count). The number of amides is 1. The van der Waals surface area contributed by atoms with E-state index in [1.807, 2.05) is 23.6 Å². The largest absolute Gasteiger partial charge is 0.493 e. The molecule has 1 aromatic carbocycles. The zero-order valence-electron chi connectivity index (χ0n) is 13.8. The standard InChI is InChI=1S/C17H20BrNO4S/c1-21-14-6-4-11(16(22-2)17(14)23-3)5-7-15(20)19-9-13-8-12(18)10-24-13/h4,6,8,10H,5,7,9H2,1-3H3,(H,19,20). The smallest absolute Gasteiger partial charge is 0.220 e. The van der Waals surface area contributed by atoms with Crippen molar-refractivity contribution in [3.05, 3.63) is 38.5 Å². The molecule has 2 aromatic rings. The van der Waals surface area contributed by atoms with E-state index in [-0.39, 0.29) is 5.91 Å². The summed E-state index contributed by atoms with van der Waals surface area (Å²) < 4.78 is 17.1. The van der Waals surface area contributed by atoms with E-state index < -0.39 is 0 Å². The molecule has 0 radical (unpaired) electrons. The van der Waals surface area contributed by atoms with Crippen molar-refractivity contribution in [1.29, 1.82) is 0 Å². The third kappa shape index (κ3) is 4.64. The molecule has 1 N–H and O–H groups in total. The highest BCUT2D eigenvalue weighted by atomic mass is 79.9. The van der Waals surface area contributed by atoms with Gasteiger partial charge in [-0.15, -0.1) is 11.3 Å². The molecule has 0 unspecified atom stereocenters. The van der Waals surface area contributed by atoms with Crippen molar-refractivity contribution < 1.29 is 19.0 Å². The van der Waals surface area contributed by atoms with Gasteiger partial charge in [-0.2, -0.15) is 0 Å². The zero-order valence-corrected chi connectivity index (χ0v) is 16.3. The van der Waals surface area contributed by atoms with E-state index in [4.69, 9.17) is 14.2 Å². The fourth-order valence-electron chi connectivity index (χ4n) is 2.33. The molecule has 0 spiro atoms. The molecule has 0 aliphatic rings. The summed E-state index contributed by atoms with van der Waals surface area (Å²) in [6.45, 7) is 0.540. The summed E-state index contributed by atoms with van der Waals surface area (Å²) in [5, 5.41) is 4.92. The first kappa shape index (κ1) is 18.6. The number of hydrogen-bond acceptors (Lipinski definition) is 5. The van der Waals surface area contributed by atoms with Gasteiger partial charge in [0.25, 0.3) is 0 Å². The van der Waals surface area contributed by atoms with Crippen LogP contribution in [0.25, 0.3) is 0 Å². The molecular weight excluding hydrogens is 394 g/mol. The number of rotatable bonds is 8. The van der Waals surface area contributed by atoms with Crippen LogP contribution in [-0.2, 0) is 17.8 Å². The number of carbonyl (C=O) groups is 1. The minimum atomic E-state index is -0.00337. The molecule has 7 heteroatoms. The molecule has 1 amide bonds. The van der Waals surface area contributed by atoms with E-state index in [9.17, 15) is 4.79 Å². The van der Waals surface area contributed by atoms with Gasteiger partial charge in [-0.3, -0.25) is 4.79 Å². The van der Waals surface area contributed by atoms with E-state index in [0.717, 1.165) is 14.9 Å². The molecule has 24 heavy (non-hydrogen) atoms. The SMILES string of the molecule is COc1ccc(CCC(=O)NCc2cc(Br)cs2)c(OC)c1OC. The average Bonchev–Trinajstić information content (AvgIpc) is 3.02. The Hall–Kier alpha value is -1.73. The number of nitrogens with one attached hydrogen (secondary N) is 1. The highest BCUT2D eigenvalue weighted by Crippen LogP contribution is 2.40. The quantitative estimate of drug-likeness (QED) is 0.714. The van der Waals surface area contributed by atoms with Gasteiger partial charge in [0.2, 0.25) is 11.7 Å². The van der Waals surface area contributed by atoms with E-state index in [2.05, 4.69) is 21.2 Å². The summed E-state index contributed by atoms with van der Waals surface area (Å²) in [5.74, 6) is 1.75. The molecule has 0 saturated carbocycles. The molecular formula is C17H20BrNO4S. The van der Waals surface area contributed by atoms with Gasteiger partial charge in [0.15, 0.2) is 11.5 Å². The van der Waals surface area contributed by atoms with Crippen LogP contribution in [0.5, 0.6) is 17.2 Å². The lowest BCUT2D eigenvalue weighted by Gasteiger charge is -2.15. The Kier molecular flexibility index (Phi) is 6.93. The maximum Gasteiger partial charge on any atom is 0.220 e. The first-order chi connectivity index (χ1) is 11.6. The summed E-state index contributed by atoms with van der Waals surface area (Å²) in [5.41, 5.74) is 0.907. The summed E-state index contributed by atoms with van der Waals surface area (Å²) in [7, 11) is 4.72. The van der Waals surface area contributed by atoms with E-state index in [1.54, 1.807) is 32.7 Å². The molecule has 5 nitrogen and oxygen atoms in total. The van der Waals surface area contributed by atoms with Gasteiger partial charge in [-0.05, 0) is 40.0 Å². The number of thiophene rings is 1. The van der Waals surface area contributed by atoms with Gasteiger partial charge >= 0.3 is 0 Å². The second-order valence-electron chi connectivity index (χ2n) is 5.00. The molecule has 0 fully saturated rings. The molecule has 0 saturated heterocycles. The van der Waals surface area contributed by atoms with E-state index >= 15 is 0 Å². The molecule has 0 atom stereocenters. The first-order valence-electron chi connectivity index (χ1n) is 7.36. The van der Waals surface area contributed by atoms with Crippen LogP contribution in [0.1, 0.15) is 16.9 Å². The lowest BCUT2D eigenvalue weighted by Crippen LogP contribution is -2.22.